The molecule has 0 atom stereocenters. The summed E-state index contributed by atoms with van der Waals surface area (Å²) in [5.41, 5.74) is 3.20. The van der Waals surface area contributed by atoms with Gasteiger partial charge in [-0.2, -0.15) is 0 Å². The number of fused-ring (bicyclic) bond motifs is 1. The van der Waals surface area contributed by atoms with Gasteiger partial charge in [0.05, 0.1) is 0 Å². The summed E-state index contributed by atoms with van der Waals surface area (Å²) in [6.07, 6.45) is 2.71. The average Bonchev–Trinajstić information content (AvgIpc) is 2.81. The normalized spacial score (nSPS) is 13.6. The molecular weight excluding hydrogens is 229 g/mol. The fourth-order valence-electron chi connectivity index (χ4n) is 2.34. The minimum absolute atomic E-state index is 0.191. The average molecular weight is 243 g/mol. The molecule has 2 heterocycles. The van der Waals surface area contributed by atoms with Crippen LogP contribution in [-0.2, 0) is 6.42 Å². The van der Waals surface area contributed by atoms with Crippen LogP contribution in [0.25, 0.3) is 0 Å². The molecule has 0 spiro atoms. The summed E-state index contributed by atoms with van der Waals surface area (Å²) in [7, 11) is 1.84. The molecule has 0 aliphatic carbocycles. The quantitative estimate of drug-likeness (QED) is 0.879. The molecule has 0 bridgehead atoms. The Hall–Kier alpha value is -2.10. The SMILES string of the molecule is CNc1cc(N2CCc3ccc(F)cc32)ccn1. The maximum Gasteiger partial charge on any atom is 0.127 e. The second kappa shape index (κ2) is 4.29. The van der Waals surface area contributed by atoms with Crippen molar-refractivity contribution in [2.75, 3.05) is 23.8 Å². The van der Waals surface area contributed by atoms with Gasteiger partial charge in [-0.15, -0.1) is 0 Å². The van der Waals surface area contributed by atoms with E-state index in [0.29, 0.717) is 0 Å². The zero-order valence-corrected chi connectivity index (χ0v) is 10.2. The van der Waals surface area contributed by atoms with Gasteiger partial charge < -0.3 is 10.2 Å². The van der Waals surface area contributed by atoms with Crippen molar-refractivity contribution in [2.45, 2.75) is 6.42 Å². The lowest BCUT2D eigenvalue weighted by atomic mass is 10.1. The summed E-state index contributed by atoms with van der Waals surface area (Å²) in [6.45, 7) is 0.881. The highest BCUT2D eigenvalue weighted by atomic mass is 19.1. The third-order valence-electron chi connectivity index (χ3n) is 3.25. The first-order valence-corrected chi connectivity index (χ1v) is 5.98. The second-order valence-corrected chi connectivity index (χ2v) is 4.32. The van der Waals surface area contributed by atoms with Crippen LogP contribution in [0.5, 0.6) is 0 Å². The van der Waals surface area contributed by atoms with Crippen molar-refractivity contribution in [3.05, 3.63) is 47.9 Å². The largest absolute Gasteiger partial charge is 0.373 e. The predicted octanol–water partition coefficient (Wildman–Crippen LogP) is 2.96. The van der Waals surface area contributed by atoms with Crippen LogP contribution in [0.3, 0.4) is 0 Å². The molecule has 3 rings (SSSR count). The number of anilines is 3. The van der Waals surface area contributed by atoms with Gasteiger partial charge >= 0.3 is 0 Å². The van der Waals surface area contributed by atoms with Crippen molar-refractivity contribution in [3.8, 4) is 0 Å². The lowest BCUT2D eigenvalue weighted by molar-refractivity contribution is 0.628. The molecule has 3 nitrogen and oxygen atoms in total. The Labute approximate surface area is 105 Å². The van der Waals surface area contributed by atoms with Crippen LogP contribution in [0.1, 0.15) is 5.56 Å². The van der Waals surface area contributed by atoms with Gasteiger partial charge in [-0.1, -0.05) is 6.07 Å². The summed E-state index contributed by atoms with van der Waals surface area (Å²) in [5.74, 6) is 0.626. The van der Waals surface area contributed by atoms with E-state index in [1.807, 2.05) is 25.2 Å². The van der Waals surface area contributed by atoms with Crippen LogP contribution in [0.15, 0.2) is 36.5 Å². The predicted molar refractivity (Wildman–Crippen MR) is 70.9 cm³/mol. The number of aromatic nitrogens is 1. The van der Waals surface area contributed by atoms with E-state index in [0.717, 1.165) is 30.2 Å². The molecule has 1 aromatic heterocycles. The number of pyridine rings is 1. The Bertz CT molecular complexity index is 583. The molecule has 0 unspecified atom stereocenters. The van der Waals surface area contributed by atoms with E-state index in [-0.39, 0.29) is 5.82 Å². The van der Waals surface area contributed by atoms with Crippen molar-refractivity contribution < 1.29 is 4.39 Å². The van der Waals surface area contributed by atoms with Gasteiger partial charge in [0.1, 0.15) is 11.6 Å². The van der Waals surface area contributed by atoms with Gasteiger partial charge in [0.15, 0.2) is 0 Å². The fraction of sp³-hybridized carbons (Fsp3) is 0.214. The van der Waals surface area contributed by atoms with E-state index >= 15 is 0 Å². The number of hydrogen-bond donors (Lipinski definition) is 1. The summed E-state index contributed by atoms with van der Waals surface area (Å²) in [5, 5.41) is 3.01. The third kappa shape index (κ3) is 1.79. The van der Waals surface area contributed by atoms with Crippen LogP contribution in [-0.4, -0.2) is 18.6 Å². The van der Waals surface area contributed by atoms with Gasteiger partial charge in [-0.05, 0) is 30.2 Å². The molecule has 18 heavy (non-hydrogen) atoms. The Morgan fingerprint density at radius 3 is 3.00 bits per heavy atom. The number of rotatable bonds is 2. The number of nitrogens with one attached hydrogen (secondary N) is 1. The highest BCUT2D eigenvalue weighted by Crippen LogP contribution is 2.35. The Morgan fingerprint density at radius 2 is 2.17 bits per heavy atom. The lowest BCUT2D eigenvalue weighted by Gasteiger charge is -2.20. The van der Waals surface area contributed by atoms with E-state index in [9.17, 15) is 4.39 Å². The van der Waals surface area contributed by atoms with Crippen LogP contribution in [0, 0.1) is 5.82 Å². The van der Waals surface area contributed by atoms with E-state index in [1.54, 1.807) is 12.3 Å². The number of benzene rings is 1. The van der Waals surface area contributed by atoms with E-state index in [2.05, 4.69) is 15.2 Å². The van der Waals surface area contributed by atoms with Crippen LogP contribution < -0.4 is 10.2 Å². The van der Waals surface area contributed by atoms with Crippen molar-refractivity contribution in [3.63, 3.8) is 0 Å². The lowest BCUT2D eigenvalue weighted by Crippen LogP contribution is -2.13. The minimum Gasteiger partial charge on any atom is -0.373 e. The molecule has 92 valence electrons. The molecular formula is C14H14FN3. The number of halogens is 1. The van der Waals surface area contributed by atoms with Crippen LogP contribution in [0.4, 0.5) is 21.6 Å². The zero-order valence-electron chi connectivity index (χ0n) is 10.2. The first kappa shape index (κ1) is 11.0. The van der Waals surface area contributed by atoms with Crippen molar-refractivity contribution in [1.82, 2.24) is 4.98 Å². The summed E-state index contributed by atoms with van der Waals surface area (Å²) < 4.78 is 13.3. The molecule has 1 N–H and O–H groups in total. The highest BCUT2D eigenvalue weighted by molar-refractivity contribution is 5.71. The topological polar surface area (TPSA) is 28.2 Å². The standard InChI is InChI=1S/C14H14FN3/c1-16-14-9-12(4-6-17-14)18-7-5-10-2-3-11(15)8-13(10)18/h2-4,6,8-9H,5,7H2,1H3,(H,16,17). The fourth-order valence-corrected chi connectivity index (χ4v) is 2.34. The maximum atomic E-state index is 13.3. The number of hydrogen-bond acceptors (Lipinski definition) is 3. The first-order valence-electron chi connectivity index (χ1n) is 5.98. The molecule has 2 aromatic rings. The van der Waals surface area contributed by atoms with Gasteiger partial charge in [0, 0.05) is 37.2 Å². The molecule has 4 heteroatoms. The molecule has 1 aliphatic heterocycles. The number of nitrogens with zero attached hydrogens (tertiary/aromatic N) is 2. The Morgan fingerprint density at radius 1 is 1.28 bits per heavy atom. The van der Waals surface area contributed by atoms with Gasteiger partial charge in [0.2, 0.25) is 0 Å². The van der Waals surface area contributed by atoms with Gasteiger partial charge in [-0.3, -0.25) is 0 Å². The summed E-state index contributed by atoms with van der Waals surface area (Å²) >= 11 is 0. The van der Waals surface area contributed by atoms with Gasteiger partial charge in [-0.25, -0.2) is 9.37 Å². The minimum atomic E-state index is -0.191. The molecule has 0 radical (unpaired) electrons. The maximum absolute atomic E-state index is 13.3. The molecule has 0 amide bonds. The third-order valence-corrected chi connectivity index (χ3v) is 3.25. The Balaban J connectivity index is 2.02. The molecule has 0 fully saturated rings. The van der Waals surface area contributed by atoms with E-state index in [4.69, 9.17) is 0 Å². The molecule has 1 aromatic carbocycles. The zero-order chi connectivity index (χ0) is 12.5. The Kier molecular flexibility index (Phi) is 2.63. The van der Waals surface area contributed by atoms with Crippen LogP contribution in [0.2, 0.25) is 0 Å². The summed E-state index contributed by atoms with van der Waals surface area (Å²) in [4.78, 5) is 6.32. The second-order valence-electron chi connectivity index (χ2n) is 4.32. The monoisotopic (exact) mass is 243 g/mol. The summed E-state index contributed by atoms with van der Waals surface area (Å²) in [6, 6.07) is 8.90. The highest BCUT2D eigenvalue weighted by Gasteiger charge is 2.21. The van der Waals surface area contributed by atoms with Crippen molar-refractivity contribution in [1.29, 1.82) is 0 Å². The van der Waals surface area contributed by atoms with Crippen molar-refractivity contribution in [2.24, 2.45) is 0 Å². The van der Waals surface area contributed by atoms with Crippen molar-refractivity contribution >= 4 is 17.2 Å². The van der Waals surface area contributed by atoms with Gasteiger partial charge in [0.25, 0.3) is 0 Å². The molecule has 0 saturated carbocycles. The molecule has 1 aliphatic rings. The molecule has 0 saturated heterocycles. The smallest absolute Gasteiger partial charge is 0.127 e. The van der Waals surface area contributed by atoms with E-state index < -0.39 is 0 Å². The first-order chi connectivity index (χ1) is 8.78. The van der Waals surface area contributed by atoms with E-state index in [1.165, 1.54) is 11.6 Å². The van der Waals surface area contributed by atoms with Crippen LogP contribution >= 0.6 is 0 Å².